The van der Waals surface area contributed by atoms with Crippen molar-refractivity contribution in [2.75, 3.05) is 13.7 Å². The Morgan fingerprint density at radius 2 is 1.14 bits per heavy atom. The average molecular weight is 777 g/mol. The summed E-state index contributed by atoms with van der Waals surface area (Å²) in [5, 5.41) is 3.16. The summed E-state index contributed by atoms with van der Waals surface area (Å²) in [5.41, 5.74) is 2.88. The molecule has 0 saturated heterocycles. The lowest BCUT2D eigenvalue weighted by atomic mass is 10.1. The van der Waals surface area contributed by atoms with Crippen molar-refractivity contribution < 1.29 is 46.0 Å². The molecule has 0 amide bonds. The third kappa shape index (κ3) is 10.8. The summed E-state index contributed by atoms with van der Waals surface area (Å²) < 4.78 is 50.4. The summed E-state index contributed by atoms with van der Waals surface area (Å²) in [7, 11) is -3.71. The Morgan fingerprint density at radius 3 is 1.63 bits per heavy atom. The van der Waals surface area contributed by atoms with Gasteiger partial charge in [0, 0.05) is 0 Å². The molecular weight excluding hydrogens is 745 g/mol. The van der Waals surface area contributed by atoms with Gasteiger partial charge in [-0.1, -0.05) is 93.0 Å². The first-order valence-corrected chi connectivity index (χ1v) is 17.7. The molecular formula is C36H32Cl3NO10S. The van der Waals surface area contributed by atoms with Gasteiger partial charge in [0.15, 0.2) is 18.3 Å². The van der Waals surface area contributed by atoms with E-state index in [0.29, 0.717) is 0 Å². The lowest BCUT2D eigenvalue weighted by Gasteiger charge is -2.30. The minimum absolute atomic E-state index is 0.0343. The molecule has 4 aromatic rings. The first kappa shape index (κ1) is 39.3. The SMILES string of the molecule is CO/N=C/[C@@H](OC(=O)c1ccc(C)cc1)[C@@H](OC(=O)c1ccc(C)cc1)[C@H](COC(=O)c1ccc(C)cc1)OS(=O)(=O)c1cc(Cl)c(Cl)cc1Cl. The molecule has 0 unspecified atom stereocenters. The Balaban J connectivity index is 1.82. The zero-order chi connectivity index (χ0) is 37.3. The number of nitrogens with zero attached hydrogens (tertiary/aromatic N) is 1. The smallest absolute Gasteiger partial charge is 0.338 e. The van der Waals surface area contributed by atoms with Gasteiger partial charge in [0.25, 0.3) is 10.1 Å². The van der Waals surface area contributed by atoms with Crippen molar-refractivity contribution in [3.63, 3.8) is 0 Å². The van der Waals surface area contributed by atoms with E-state index in [2.05, 4.69) is 5.16 Å². The number of benzene rings is 4. The van der Waals surface area contributed by atoms with Crippen LogP contribution in [0.1, 0.15) is 47.8 Å². The van der Waals surface area contributed by atoms with Gasteiger partial charge in [-0.25, -0.2) is 14.4 Å². The van der Waals surface area contributed by atoms with Gasteiger partial charge in [0.2, 0.25) is 0 Å². The van der Waals surface area contributed by atoms with E-state index in [9.17, 15) is 22.8 Å². The third-order valence-corrected chi connectivity index (χ3v) is 9.75. The molecule has 3 atom stereocenters. The monoisotopic (exact) mass is 775 g/mol. The van der Waals surface area contributed by atoms with Gasteiger partial charge < -0.3 is 19.0 Å². The second-order valence-corrected chi connectivity index (χ2v) is 13.9. The molecule has 0 radical (unpaired) electrons. The molecule has 0 aliphatic carbocycles. The predicted molar refractivity (Wildman–Crippen MR) is 191 cm³/mol. The molecule has 0 aliphatic rings. The second kappa shape index (κ2) is 17.7. The lowest BCUT2D eigenvalue weighted by Crippen LogP contribution is -2.48. The minimum Gasteiger partial charge on any atom is -0.459 e. The first-order valence-electron chi connectivity index (χ1n) is 15.1. The number of halogens is 3. The summed E-state index contributed by atoms with van der Waals surface area (Å²) in [4.78, 5) is 44.4. The quantitative estimate of drug-likeness (QED) is 0.0314. The van der Waals surface area contributed by atoms with E-state index in [0.717, 1.165) is 35.0 Å². The lowest BCUT2D eigenvalue weighted by molar-refractivity contribution is -0.0685. The highest BCUT2D eigenvalue weighted by Gasteiger charge is 2.41. The van der Waals surface area contributed by atoms with E-state index in [-0.39, 0.29) is 31.8 Å². The highest BCUT2D eigenvalue weighted by molar-refractivity contribution is 7.87. The van der Waals surface area contributed by atoms with Crippen molar-refractivity contribution in [2.45, 2.75) is 44.0 Å². The number of rotatable bonds is 14. The Morgan fingerprint density at radius 1 is 0.686 bits per heavy atom. The van der Waals surface area contributed by atoms with E-state index >= 15 is 0 Å². The van der Waals surface area contributed by atoms with Crippen molar-refractivity contribution in [1.82, 2.24) is 0 Å². The predicted octanol–water partition coefficient (Wildman–Crippen LogP) is 7.59. The van der Waals surface area contributed by atoms with Crippen LogP contribution in [0, 0.1) is 20.8 Å². The molecule has 0 aliphatic heterocycles. The molecule has 51 heavy (non-hydrogen) atoms. The molecule has 268 valence electrons. The molecule has 0 bridgehead atoms. The van der Waals surface area contributed by atoms with Crippen molar-refractivity contribution in [2.24, 2.45) is 5.16 Å². The van der Waals surface area contributed by atoms with E-state index < -0.39 is 57.8 Å². The van der Waals surface area contributed by atoms with Crippen molar-refractivity contribution >= 4 is 69.0 Å². The molecule has 15 heteroatoms. The summed E-state index contributed by atoms with van der Waals surface area (Å²) in [5.74, 6) is -2.73. The van der Waals surface area contributed by atoms with Crippen LogP contribution in [0.5, 0.6) is 0 Å². The van der Waals surface area contributed by atoms with Crippen LogP contribution < -0.4 is 0 Å². The molecule has 0 aromatic heterocycles. The van der Waals surface area contributed by atoms with E-state index in [1.54, 1.807) is 36.4 Å². The average Bonchev–Trinajstić information content (AvgIpc) is 3.09. The maximum absolute atomic E-state index is 13.8. The molecule has 0 fully saturated rings. The van der Waals surface area contributed by atoms with Crippen LogP contribution >= 0.6 is 34.8 Å². The van der Waals surface area contributed by atoms with Gasteiger partial charge in [-0.2, -0.15) is 8.42 Å². The molecule has 0 saturated carbocycles. The molecule has 0 spiro atoms. The molecule has 4 rings (SSSR count). The highest BCUT2D eigenvalue weighted by Crippen LogP contribution is 2.33. The summed E-state index contributed by atoms with van der Waals surface area (Å²) >= 11 is 18.4. The number of hydrogen-bond donors (Lipinski definition) is 0. The van der Waals surface area contributed by atoms with Crippen LogP contribution in [-0.2, 0) is 33.3 Å². The van der Waals surface area contributed by atoms with Gasteiger partial charge in [0.1, 0.15) is 18.6 Å². The van der Waals surface area contributed by atoms with Crippen LogP contribution in [0.2, 0.25) is 15.1 Å². The van der Waals surface area contributed by atoms with Gasteiger partial charge in [-0.15, -0.1) is 0 Å². The summed E-state index contributed by atoms with van der Waals surface area (Å²) in [6.07, 6.45) is -4.47. The molecule has 0 heterocycles. The Labute approximate surface area is 310 Å². The normalized spacial score (nSPS) is 13.2. The molecule has 11 nitrogen and oxygen atoms in total. The summed E-state index contributed by atoms with van der Waals surface area (Å²) in [6, 6.07) is 21.0. The molecule has 0 N–H and O–H groups in total. The van der Waals surface area contributed by atoms with Crippen LogP contribution in [0.25, 0.3) is 0 Å². The van der Waals surface area contributed by atoms with Gasteiger partial charge in [-0.3, -0.25) is 4.18 Å². The second-order valence-electron chi connectivity index (χ2n) is 11.2. The van der Waals surface area contributed by atoms with Gasteiger partial charge in [0.05, 0.1) is 38.0 Å². The Kier molecular flexibility index (Phi) is 13.6. The van der Waals surface area contributed by atoms with E-state index in [1.807, 2.05) is 20.8 Å². The van der Waals surface area contributed by atoms with Gasteiger partial charge >= 0.3 is 17.9 Å². The van der Waals surface area contributed by atoms with Crippen LogP contribution in [0.15, 0.2) is 95.0 Å². The largest absolute Gasteiger partial charge is 0.459 e. The third-order valence-electron chi connectivity index (χ3n) is 7.22. The number of carbonyl (C=O) groups excluding carboxylic acids is 3. The highest BCUT2D eigenvalue weighted by atomic mass is 35.5. The zero-order valence-electron chi connectivity index (χ0n) is 27.7. The number of hydrogen-bond acceptors (Lipinski definition) is 11. The van der Waals surface area contributed by atoms with E-state index in [1.165, 1.54) is 43.5 Å². The zero-order valence-corrected chi connectivity index (χ0v) is 30.8. The van der Waals surface area contributed by atoms with Crippen LogP contribution in [0.3, 0.4) is 0 Å². The van der Waals surface area contributed by atoms with Crippen molar-refractivity contribution in [3.8, 4) is 0 Å². The van der Waals surface area contributed by atoms with E-state index in [4.69, 9.17) is 58.0 Å². The summed E-state index contributed by atoms with van der Waals surface area (Å²) in [6.45, 7) is 4.61. The van der Waals surface area contributed by atoms with Crippen LogP contribution in [0.4, 0.5) is 0 Å². The maximum Gasteiger partial charge on any atom is 0.338 e. The fourth-order valence-electron chi connectivity index (χ4n) is 4.44. The number of oxime groups is 1. The van der Waals surface area contributed by atoms with Gasteiger partial charge in [-0.05, 0) is 69.3 Å². The first-order chi connectivity index (χ1) is 24.2. The molecule has 4 aromatic carbocycles. The Hall–Kier alpha value is -4.46. The standard InChI is InChI=1S/C36H32Cl3NO10S/c1-21-5-11-24(12-6-21)34(41)47-20-31(50-51(44,45)32-18-28(38)27(37)17-29(32)39)33(49-36(43)26-15-9-23(3)10-16-26)30(19-40-46-4)48-35(42)25-13-7-22(2)8-14-25/h5-19,30-31,33H,20H2,1-4H3/b40-19+/t30-,31+,33-/m1/s1. The number of carbonyl (C=O) groups is 3. The topological polar surface area (TPSA) is 144 Å². The Bertz CT molecular complexity index is 2000. The maximum atomic E-state index is 13.8. The number of esters is 3. The fraction of sp³-hybridized carbons (Fsp3) is 0.222. The fourth-order valence-corrected chi connectivity index (χ4v) is 6.49. The number of ether oxygens (including phenoxy) is 3. The van der Waals surface area contributed by atoms with Crippen LogP contribution in [-0.4, -0.2) is 64.6 Å². The number of aryl methyl sites for hydroxylation is 3. The van der Waals surface area contributed by atoms with Crippen molar-refractivity contribution in [1.29, 1.82) is 0 Å². The minimum atomic E-state index is -4.91. The van der Waals surface area contributed by atoms with Crippen molar-refractivity contribution in [3.05, 3.63) is 133 Å².